The molecule has 0 saturated carbocycles. The van der Waals surface area contributed by atoms with Crippen molar-refractivity contribution in [1.29, 1.82) is 0 Å². The SMILES string of the molecule is CC1=NOC(c2cc(Cl)cc(Cl)c2)(c2ccc(C(=O)O)c([N+](=O)[O-])c2)C1(C)C. The number of halogens is 2. The lowest BCUT2D eigenvalue weighted by Gasteiger charge is -2.39. The summed E-state index contributed by atoms with van der Waals surface area (Å²) in [5, 5.41) is 25.6. The third-order valence-corrected chi connectivity index (χ3v) is 5.64. The van der Waals surface area contributed by atoms with Crippen LogP contribution < -0.4 is 0 Å². The molecule has 0 radical (unpaired) electrons. The highest BCUT2D eigenvalue weighted by Gasteiger charge is 2.57. The summed E-state index contributed by atoms with van der Waals surface area (Å²) in [6.45, 7) is 5.54. The predicted molar refractivity (Wildman–Crippen MR) is 105 cm³/mol. The fourth-order valence-corrected chi connectivity index (χ4v) is 3.98. The maximum atomic E-state index is 11.5. The molecule has 0 aliphatic carbocycles. The van der Waals surface area contributed by atoms with Gasteiger partial charge >= 0.3 is 5.97 Å². The number of oxime groups is 1. The van der Waals surface area contributed by atoms with Crippen molar-refractivity contribution in [2.45, 2.75) is 26.4 Å². The van der Waals surface area contributed by atoms with Crippen LogP contribution in [0.4, 0.5) is 5.69 Å². The lowest BCUT2D eigenvalue weighted by molar-refractivity contribution is -0.385. The van der Waals surface area contributed by atoms with Gasteiger partial charge in [-0.05, 0) is 45.0 Å². The monoisotopic (exact) mass is 422 g/mol. The minimum absolute atomic E-state index is 0.363. The van der Waals surface area contributed by atoms with E-state index in [9.17, 15) is 20.0 Å². The molecule has 1 atom stereocenters. The van der Waals surface area contributed by atoms with Crippen molar-refractivity contribution in [3.63, 3.8) is 0 Å². The molecule has 2 aromatic carbocycles. The zero-order valence-corrected chi connectivity index (χ0v) is 16.7. The summed E-state index contributed by atoms with van der Waals surface area (Å²) in [5.41, 5.74) is -1.40. The number of aromatic carboxylic acids is 1. The molecule has 1 N–H and O–H groups in total. The van der Waals surface area contributed by atoms with E-state index >= 15 is 0 Å². The molecule has 1 unspecified atom stereocenters. The molecular weight excluding hydrogens is 407 g/mol. The van der Waals surface area contributed by atoms with Crippen molar-refractivity contribution in [3.8, 4) is 0 Å². The fraction of sp³-hybridized carbons (Fsp3) is 0.263. The number of carbonyl (C=O) groups is 1. The molecule has 146 valence electrons. The Kier molecular flexibility index (Phi) is 4.85. The van der Waals surface area contributed by atoms with Gasteiger partial charge in [-0.25, -0.2) is 4.79 Å². The van der Waals surface area contributed by atoms with E-state index in [0.29, 0.717) is 26.9 Å². The summed E-state index contributed by atoms with van der Waals surface area (Å²) < 4.78 is 0. The molecule has 3 rings (SSSR count). The number of carboxylic acids is 1. The van der Waals surface area contributed by atoms with Crippen molar-refractivity contribution in [2.24, 2.45) is 10.6 Å². The highest BCUT2D eigenvalue weighted by atomic mass is 35.5. The van der Waals surface area contributed by atoms with Gasteiger partial charge in [0.05, 0.1) is 16.0 Å². The molecule has 1 aliphatic rings. The van der Waals surface area contributed by atoms with Crippen LogP contribution in [0.25, 0.3) is 0 Å². The summed E-state index contributed by atoms with van der Waals surface area (Å²) in [7, 11) is 0. The predicted octanol–water partition coefficient (Wildman–Crippen LogP) is 5.28. The first-order chi connectivity index (χ1) is 13.0. The van der Waals surface area contributed by atoms with Crippen LogP contribution in [0.3, 0.4) is 0 Å². The van der Waals surface area contributed by atoms with Crippen LogP contribution in [0.5, 0.6) is 0 Å². The summed E-state index contributed by atoms with van der Waals surface area (Å²) in [6.07, 6.45) is 0. The molecule has 0 amide bonds. The number of hydrogen-bond donors (Lipinski definition) is 1. The van der Waals surface area contributed by atoms with Crippen LogP contribution in [0.1, 0.15) is 42.3 Å². The van der Waals surface area contributed by atoms with Crippen LogP contribution >= 0.6 is 23.2 Å². The van der Waals surface area contributed by atoms with Crippen molar-refractivity contribution < 1.29 is 19.7 Å². The number of rotatable bonds is 4. The smallest absolute Gasteiger partial charge is 0.342 e. The first-order valence-electron chi connectivity index (χ1n) is 8.22. The molecule has 2 aromatic rings. The van der Waals surface area contributed by atoms with Crippen LogP contribution in [0, 0.1) is 15.5 Å². The second-order valence-corrected chi connectivity index (χ2v) is 7.90. The molecule has 1 aliphatic heterocycles. The van der Waals surface area contributed by atoms with Crippen molar-refractivity contribution >= 4 is 40.6 Å². The van der Waals surface area contributed by atoms with Gasteiger partial charge in [-0.3, -0.25) is 10.1 Å². The Labute approximate surface area is 170 Å². The van der Waals surface area contributed by atoms with Crippen LogP contribution in [-0.2, 0) is 10.4 Å². The minimum Gasteiger partial charge on any atom is -0.477 e. The van der Waals surface area contributed by atoms with Gasteiger partial charge in [-0.1, -0.05) is 34.4 Å². The topological polar surface area (TPSA) is 102 Å². The largest absolute Gasteiger partial charge is 0.477 e. The van der Waals surface area contributed by atoms with E-state index in [1.165, 1.54) is 18.2 Å². The summed E-state index contributed by atoms with van der Waals surface area (Å²) in [4.78, 5) is 28.0. The Hall–Kier alpha value is -2.64. The quantitative estimate of drug-likeness (QED) is 0.533. The number of hydrogen-bond acceptors (Lipinski definition) is 5. The maximum absolute atomic E-state index is 11.5. The molecule has 9 heteroatoms. The van der Waals surface area contributed by atoms with Crippen LogP contribution in [0.2, 0.25) is 10.0 Å². The zero-order valence-electron chi connectivity index (χ0n) is 15.2. The second kappa shape index (κ2) is 6.76. The van der Waals surface area contributed by atoms with Crippen molar-refractivity contribution in [3.05, 3.63) is 73.2 Å². The zero-order chi connectivity index (χ0) is 20.9. The lowest BCUT2D eigenvalue weighted by atomic mass is 9.65. The molecule has 0 spiro atoms. The normalized spacial score (nSPS) is 20.4. The average Bonchev–Trinajstić information content (AvgIpc) is 2.84. The molecular formula is C19H16Cl2N2O5. The summed E-state index contributed by atoms with van der Waals surface area (Å²) >= 11 is 12.4. The van der Waals surface area contributed by atoms with E-state index in [-0.39, 0.29) is 0 Å². The van der Waals surface area contributed by atoms with E-state index in [1.807, 2.05) is 13.8 Å². The molecule has 28 heavy (non-hydrogen) atoms. The lowest BCUT2D eigenvalue weighted by Crippen LogP contribution is -2.44. The van der Waals surface area contributed by atoms with Crippen molar-refractivity contribution in [1.82, 2.24) is 0 Å². The van der Waals surface area contributed by atoms with E-state index in [1.54, 1.807) is 25.1 Å². The first-order valence-corrected chi connectivity index (χ1v) is 8.98. The van der Waals surface area contributed by atoms with Crippen LogP contribution in [-0.4, -0.2) is 21.7 Å². The van der Waals surface area contributed by atoms with Gasteiger partial charge in [-0.2, -0.15) is 0 Å². The Morgan fingerprint density at radius 3 is 2.21 bits per heavy atom. The third kappa shape index (κ3) is 2.91. The van der Waals surface area contributed by atoms with E-state index < -0.39 is 33.2 Å². The second-order valence-electron chi connectivity index (χ2n) is 7.03. The molecule has 0 bridgehead atoms. The van der Waals surface area contributed by atoms with Gasteiger partial charge in [0.2, 0.25) is 0 Å². The van der Waals surface area contributed by atoms with E-state index in [4.69, 9.17) is 28.0 Å². The fourth-order valence-electron chi connectivity index (χ4n) is 3.45. The summed E-state index contributed by atoms with van der Waals surface area (Å²) in [5.74, 6) is -1.39. The summed E-state index contributed by atoms with van der Waals surface area (Å²) in [6, 6.07) is 8.75. The first kappa shape index (κ1) is 20.1. The van der Waals surface area contributed by atoms with E-state index in [0.717, 1.165) is 0 Å². The number of nitro benzene ring substituents is 1. The molecule has 7 nitrogen and oxygen atoms in total. The number of carboxylic acid groups (broad SMARTS) is 1. The van der Waals surface area contributed by atoms with Crippen molar-refractivity contribution in [2.75, 3.05) is 0 Å². The molecule has 0 fully saturated rings. The number of nitrogens with zero attached hydrogens (tertiary/aromatic N) is 2. The Bertz CT molecular complexity index is 1010. The van der Waals surface area contributed by atoms with Gasteiger partial charge in [0.15, 0.2) is 5.60 Å². The van der Waals surface area contributed by atoms with Gasteiger partial charge in [0.25, 0.3) is 5.69 Å². The average molecular weight is 423 g/mol. The van der Waals surface area contributed by atoms with Crippen LogP contribution in [0.15, 0.2) is 41.6 Å². The Balaban J connectivity index is 2.36. The third-order valence-electron chi connectivity index (χ3n) is 5.20. The van der Waals surface area contributed by atoms with Gasteiger partial charge in [0.1, 0.15) is 5.56 Å². The number of nitro groups is 1. The molecule has 0 aromatic heterocycles. The Morgan fingerprint density at radius 2 is 1.75 bits per heavy atom. The Morgan fingerprint density at radius 1 is 1.14 bits per heavy atom. The number of benzene rings is 2. The molecule has 1 heterocycles. The van der Waals surface area contributed by atoms with E-state index in [2.05, 4.69) is 5.16 Å². The standard InChI is InChI=1S/C19H16Cl2N2O5/c1-10-18(2,3)19(28-22-10,12-6-13(20)9-14(21)7-12)11-4-5-15(17(24)25)16(8-11)23(26)27/h4-9H,1-3H3,(H,24,25). The van der Waals surface area contributed by atoms with Gasteiger partial charge in [-0.15, -0.1) is 0 Å². The van der Waals surface area contributed by atoms with Gasteiger partial charge < -0.3 is 9.94 Å². The van der Waals surface area contributed by atoms with Gasteiger partial charge in [0, 0.05) is 27.2 Å². The maximum Gasteiger partial charge on any atom is 0.342 e. The minimum atomic E-state index is -1.39. The highest BCUT2D eigenvalue weighted by Crippen LogP contribution is 2.54. The molecule has 0 saturated heterocycles. The highest BCUT2D eigenvalue weighted by molar-refractivity contribution is 6.34.